The number of rotatable bonds is 4. The Morgan fingerprint density at radius 1 is 1.08 bits per heavy atom. The second kappa shape index (κ2) is 6.87. The maximum absolute atomic E-state index is 13.0. The molecule has 0 saturated heterocycles. The molecule has 0 aliphatic carbocycles. The van der Waals surface area contributed by atoms with Gasteiger partial charge in [0.05, 0.1) is 5.39 Å². The lowest BCUT2D eigenvalue weighted by Crippen LogP contribution is -2.28. The number of hydrogen-bond donors (Lipinski definition) is 0. The van der Waals surface area contributed by atoms with E-state index >= 15 is 0 Å². The summed E-state index contributed by atoms with van der Waals surface area (Å²) in [5.41, 5.74) is -0.168. The Bertz CT molecular complexity index is 1060. The van der Waals surface area contributed by atoms with Gasteiger partial charge in [0.15, 0.2) is 11.8 Å². The SMILES string of the molecule is C[C@H](OC(=O)c1nn(C)c(=O)c2ccccc12)C(=O)c1ccc(F)cc1. The minimum Gasteiger partial charge on any atom is -0.449 e. The van der Waals surface area contributed by atoms with Crippen LogP contribution >= 0.6 is 0 Å². The van der Waals surface area contributed by atoms with E-state index in [1.165, 1.54) is 26.1 Å². The van der Waals surface area contributed by atoms with Crippen molar-refractivity contribution in [2.24, 2.45) is 7.05 Å². The zero-order valence-corrected chi connectivity index (χ0v) is 14.1. The Balaban J connectivity index is 1.89. The lowest BCUT2D eigenvalue weighted by atomic mass is 10.1. The molecule has 0 N–H and O–H groups in total. The molecule has 1 aromatic heterocycles. The number of nitrogens with zero attached hydrogens (tertiary/aromatic N) is 2. The molecule has 0 aliphatic heterocycles. The number of benzene rings is 2. The zero-order valence-electron chi connectivity index (χ0n) is 14.1. The third-order valence-corrected chi connectivity index (χ3v) is 3.93. The number of ketones is 1. The molecule has 0 spiro atoms. The van der Waals surface area contributed by atoms with Gasteiger partial charge >= 0.3 is 5.97 Å². The van der Waals surface area contributed by atoms with Crippen LogP contribution in [0, 0.1) is 5.82 Å². The highest BCUT2D eigenvalue weighted by Gasteiger charge is 2.23. The van der Waals surface area contributed by atoms with Crippen LogP contribution in [0.15, 0.2) is 53.3 Å². The van der Waals surface area contributed by atoms with Crippen LogP contribution in [-0.4, -0.2) is 27.6 Å². The lowest BCUT2D eigenvalue weighted by molar-refractivity contribution is 0.0313. The molecule has 0 amide bonds. The molecule has 0 saturated carbocycles. The van der Waals surface area contributed by atoms with E-state index in [-0.39, 0.29) is 16.8 Å². The largest absolute Gasteiger partial charge is 0.449 e. The highest BCUT2D eigenvalue weighted by molar-refractivity contribution is 6.05. The monoisotopic (exact) mass is 354 g/mol. The van der Waals surface area contributed by atoms with E-state index in [2.05, 4.69) is 5.10 Å². The third-order valence-electron chi connectivity index (χ3n) is 3.93. The fourth-order valence-corrected chi connectivity index (χ4v) is 2.57. The second-order valence-corrected chi connectivity index (χ2v) is 5.74. The molecule has 0 aliphatic rings. The number of halogens is 1. The van der Waals surface area contributed by atoms with Crippen molar-refractivity contribution >= 4 is 22.5 Å². The molecule has 3 aromatic rings. The average Bonchev–Trinajstić information content (AvgIpc) is 2.64. The molecule has 0 fully saturated rings. The van der Waals surface area contributed by atoms with Crippen LogP contribution < -0.4 is 5.56 Å². The van der Waals surface area contributed by atoms with Gasteiger partial charge in [0.2, 0.25) is 5.78 Å². The number of fused-ring (bicyclic) bond motifs is 1. The van der Waals surface area contributed by atoms with Crippen LogP contribution in [0.3, 0.4) is 0 Å². The smallest absolute Gasteiger partial charge is 0.360 e. The van der Waals surface area contributed by atoms with Gasteiger partial charge in [-0.15, -0.1) is 0 Å². The summed E-state index contributed by atoms with van der Waals surface area (Å²) in [5, 5.41) is 4.64. The molecule has 1 heterocycles. The number of carbonyl (C=O) groups is 2. The van der Waals surface area contributed by atoms with Crippen molar-refractivity contribution in [3.63, 3.8) is 0 Å². The Labute approximate surface area is 147 Å². The number of esters is 1. The van der Waals surface area contributed by atoms with Crippen LogP contribution in [-0.2, 0) is 11.8 Å². The first-order valence-corrected chi connectivity index (χ1v) is 7.85. The number of hydrogen-bond acceptors (Lipinski definition) is 5. The van der Waals surface area contributed by atoms with E-state index in [0.29, 0.717) is 10.8 Å². The van der Waals surface area contributed by atoms with E-state index in [4.69, 9.17) is 4.74 Å². The summed E-state index contributed by atoms with van der Waals surface area (Å²) >= 11 is 0. The molecule has 0 radical (unpaired) electrons. The Kier molecular flexibility index (Phi) is 4.62. The van der Waals surface area contributed by atoms with Gasteiger partial charge in [-0.2, -0.15) is 5.10 Å². The van der Waals surface area contributed by atoms with E-state index in [9.17, 15) is 18.8 Å². The topological polar surface area (TPSA) is 78.3 Å². The number of aryl methyl sites for hydroxylation is 1. The van der Waals surface area contributed by atoms with Crippen molar-refractivity contribution in [1.29, 1.82) is 0 Å². The summed E-state index contributed by atoms with van der Waals surface area (Å²) in [6.07, 6.45) is -1.09. The molecular formula is C19H15FN2O4. The summed E-state index contributed by atoms with van der Waals surface area (Å²) in [6.45, 7) is 1.42. The molecule has 2 aromatic carbocycles. The van der Waals surface area contributed by atoms with Gasteiger partial charge in [-0.05, 0) is 37.3 Å². The van der Waals surface area contributed by atoms with Crippen molar-refractivity contribution in [3.8, 4) is 0 Å². The van der Waals surface area contributed by atoms with Crippen molar-refractivity contribution in [3.05, 3.63) is 76.0 Å². The molecule has 3 rings (SSSR count). The van der Waals surface area contributed by atoms with Crippen molar-refractivity contribution in [2.75, 3.05) is 0 Å². The first-order valence-electron chi connectivity index (χ1n) is 7.85. The van der Waals surface area contributed by atoms with Crippen LogP contribution in [0.2, 0.25) is 0 Å². The van der Waals surface area contributed by atoms with Gasteiger partial charge in [0, 0.05) is 18.0 Å². The molecule has 7 heteroatoms. The van der Waals surface area contributed by atoms with Gasteiger partial charge in [0.25, 0.3) is 5.56 Å². The molecule has 0 unspecified atom stereocenters. The zero-order chi connectivity index (χ0) is 18.8. The fraction of sp³-hybridized carbons (Fsp3) is 0.158. The minimum atomic E-state index is -1.09. The van der Waals surface area contributed by atoms with Gasteiger partial charge < -0.3 is 4.74 Å². The number of aromatic nitrogens is 2. The predicted octanol–water partition coefficient (Wildman–Crippen LogP) is 2.50. The van der Waals surface area contributed by atoms with Crippen molar-refractivity contribution in [1.82, 2.24) is 9.78 Å². The summed E-state index contributed by atoms with van der Waals surface area (Å²) in [7, 11) is 1.43. The Hall–Kier alpha value is -3.35. The quantitative estimate of drug-likeness (QED) is 0.531. The summed E-state index contributed by atoms with van der Waals surface area (Å²) < 4.78 is 19.2. The van der Waals surface area contributed by atoms with Gasteiger partial charge in [-0.1, -0.05) is 18.2 Å². The molecule has 26 heavy (non-hydrogen) atoms. The van der Waals surface area contributed by atoms with E-state index in [0.717, 1.165) is 16.8 Å². The number of ether oxygens (including phenoxy) is 1. The van der Waals surface area contributed by atoms with Gasteiger partial charge in [0.1, 0.15) is 5.82 Å². The van der Waals surface area contributed by atoms with E-state index in [1.54, 1.807) is 24.3 Å². The maximum Gasteiger partial charge on any atom is 0.360 e. The molecule has 0 bridgehead atoms. The van der Waals surface area contributed by atoms with Crippen molar-refractivity contribution < 1.29 is 18.7 Å². The highest BCUT2D eigenvalue weighted by atomic mass is 19.1. The summed E-state index contributed by atoms with van der Waals surface area (Å²) in [5.74, 6) is -1.75. The molecular weight excluding hydrogens is 339 g/mol. The van der Waals surface area contributed by atoms with Crippen LogP contribution in [0.25, 0.3) is 10.8 Å². The lowest BCUT2D eigenvalue weighted by Gasteiger charge is -2.13. The third kappa shape index (κ3) is 3.23. The first-order chi connectivity index (χ1) is 12.4. The minimum absolute atomic E-state index is 0.0542. The molecule has 132 valence electrons. The number of carbonyl (C=O) groups excluding carboxylic acids is 2. The van der Waals surface area contributed by atoms with Gasteiger partial charge in [-0.3, -0.25) is 9.59 Å². The van der Waals surface area contributed by atoms with Crippen LogP contribution in [0.1, 0.15) is 27.8 Å². The highest BCUT2D eigenvalue weighted by Crippen LogP contribution is 2.16. The maximum atomic E-state index is 13.0. The Morgan fingerprint density at radius 2 is 1.69 bits per heavy atom. The second-order valence-electron chi connectivity index (χ2n) is 5.74. The number of Topliss-reactive ketones (excluding diaryl/α,β-unsaturated/α-hetero) is 1. The fourth-order valence-electron chi connectivity index (χ4n) is 2.57. The average molecular weight is 354 g/mol. The van der Waals surface area contributed by atoms with E-state index in [1.807, 2.05) is 0 Å². The summed E-state index contributed by atoms with van der Waals surface area (Å²) in [6, 6.07) is 11.5. The standard InChI is InChI=1S/C19H15FN2O4/c1-11(17(23)12-7-9-13(20)10-8-12)26-19(25)16-14-5-3-4-6-15(14)18(24)22(2)21-16/h3-11H,1-2H3/t11-/m0/s1. The van der Waals surface area contributed by atoms with Gasteiger partial charge in [-0.25, -0.2) is 13.9 Å². The van der Waals surface area contributed by atoms with Crippen molar-refractivity contribution in [2.45, 2.75) is 13.0 Å². The van der Waals surface area contributed by atoms with Crippen LogP contribution in [0.5, 0.6) is 0 Å². The predicted molar refractivity (Wildman–Crippen MR) is 92.6 cm³/mol. The van der Waals surface area contributed by atoms with E-state index < -0.39 is 23.7 Å². The summed E-state index contributed by atoms with van der Waals surface area (Å²) in [4.78, 5) is 37.0. The molecule has 6 nitrogen and oxygen atoms in total. The first kappa shape index (κ1) is 17.5. The molecule has 1 atom stereocenters. The normalized spacial score (nSPS) is 12.0. The Morgan fingerprint density at radius 3 is 2.35 bits per heavy atom. The van der Waals surface area contributed by atoms with Crippen LogP contribution in [0.4, 0.5) is 4.39 Å².